The van der Waals surface area contributed by atoms with Crippen LogP contribution < -0.4 is 16.0 Å². The zero-order chi connectivity index (χ0) is 15.0. The van der Waals surface area contributed by atoms with E-state index in [2.05, 4.69) is 16.0 Å². The predicted octanol–water partition coefficient (Wildman–Crippen LogP) is 1.36. The predicted molar refractivity (Wildman–Crippen MR) is 73.3 cm³/mol. The van der Waals surface area contributed by atoms with Crippen LogP contribution in [0.4, 0.5) is 14.9 Å². The van der Waals surface area contributed by atoms with Gasteiger partial charge in [0.25, 0.3) is 0 Å². The maximum atomic E-state index is 13.5. The average molecular weight is 304 g/mol. The van der Waals surface area contributed by atoms with Crippen molar-refractivity contribution in [1.29, 1.82) is 0 Å². The molecule has 3 amide bonds. The van der Waals surface area contributed by atoms with Gasteiger partial charge in [-0.05, 0) is 12.1 Å². The molecule has 1 aromatic carbocycles. The molecule has 0 fully saturated rings. The number of amides is 3. The number of hydrogen-bond acceptors (Lipinski definition) is 4. The zero-order valence-electron chi connectivity index (χ0n) is 10.8. The molecule has 0 saturated carbocycles. The van der Waals surface area contributed by atoms with Crippen molar-refractivity contribution >= 4 is 29.2 Å². The van der Waals surface area contributed by atoms with Crippen LogP contribution in [-0.2, 0) is 9.53 Å². The fraction of sp³-hybridized carbons (Fsp3) is 0.333. The molecule has 110 valence electrons. The fourth-order valence-electron chi connectivity index (χ4n) is 1.30. The maximum absolute atomic E-state index is 13.5. The van der Waals surface area contributed by atoms with Crippen molar-refractivity contribution in [3.05, 3.63) is 29.0 Å². The number of urea groups is 1. The van der Waals surface area contributed by atoms with E-state index >= 15 is 0 Å². The lowest BCUT2D eigenvalue weighted by Gasteiger charge is -2.09. The third-order valence-corrected chi connectivity index (χ3v) is 2.53. The van der Waals surface area contributed by atoms with Gasteiger partial charge in [0.15, 0.2) is 5.82 Å². The Labute approximate surface area is 120 Å². The monoisotopic (exact) mass is 303 g/mol. The van der Waals surface area contributed by atoms with Crippen LogP contribution in [0.5, 0.6) is 0 Å². The van der Waals surface area contributed by atoms with E-state index in [1.165, 1.54) is 19.2 Å². The van der Waals surface area contributed by atoms with Gasteiger partial charge in [0.1, 0.15) is 0 Å². The Morgan fingerprint density at radius 3 is 2.85 bits per heavy atom. The van der Waals surface area contributed by atoms with Crippen molar-refractivity contribution in [2.24, 2.45) is 0 Å². The number of carbonyl (C=O) groups is 2. The van der Waals surface area contributed by atoms with Crippen LogP contribution in [0.15, 0.2) is 18.2 Å². The summed E-state index contributed by atoms with van der Waals surface area (Å²) in [6, 6.07) is 3.74. The third-order valence-electron chi connectivity index (χ3n) is 2.24. The average Bonchev–Trinajstić information content (AvgIpc) is 2.41. The molecule has 0 saturated heterocycles. The standard InChI is InChI=1S/C12H15ClFN3O3/c1-20-6-5-15-12(19)17-10(18)7-16-9-4-2-3-8(13)11(9)14/h2-4,16H,5-7H2,1H3,(H2,15,17,18,19). The van der Waals surface area contributed by atoms with Crippen LogP contribution >= 0.6 is 11.6 Å². The van der Waals surface area contributed by atoms with E-state index in [9.17, 15) is 14.0 Å². The fourth-order valence-corrected chi connectivity index (χ4v) is 1.47. The van der Waals surface area contributed by atoms with Crippen molar-refractivity contribution in [2.75, 3.05) is 32.1 Å². The minimum atomic E-state index is -0.647. The van der Waals surface area contributed by atoms with Crippen LogP contribution in [0.1, 0.15) is 0 Å². The van der Waals surface area contributed by atoms with Gasteiger partial charge in [-0.2, -0.15) is 0 Å². The van der Waals surface area contributed by atoms with Gasteiger partial charge in [0.2, 0.25) is 5.91 Å². The van der Waals surface area contributed by atoms with E-state index in [0.29, 0.717) is 6.61 Å². The molecule has 20 heavy (non-hydrogen) atoms. The van der Waals surface area contributed by atoms with E-state index in [-0.39, 0.29) is 23.8 Å². The molecule has 0 heterocycles. The van der Waals surface area contributed by atoms with Crippen molar-refractivity contribution in [3.63, 3.8) is 0 Å². The number of ether oxygens (including phenoxy) is 1. The molecular formula is C12H15ClFN3O3. The number of nitrogens with one attached hydrogen (secondary N) is 3. The van der Waals surface area contributed by atoms with E-state index in [0.717, 1.165) is 0 Å². The number of halogens is 2. The molecule has 0 bridgehead atoms. The zero-order valence-corrected chi connectivity index (χ0v) is 11.6. The summed E-state index contributed by atoms with van der Waals surface area (Å²) >= 11 is 5.59. The lowest BCUT2D eigenvalue weighted by molar-refractivity contribution is -0.118. The molecular weight excluding hydrogens is 289 g/mol. The summed E-state index contributed by atoms with van der Waals surface area (Å²) in [6.45, 7) is 0.370. The smallest absolute Gasteiger partial charge is 0.321 e. The second-order valence-electron chi connectivity index (χ2n) is 3.75. The quantitative estimate of drug-likeness (QED) is 0.693. The first kappa shape index (κ1) is 16.2. The summed E-state index contributed by atoms with van der Waals surface area (Å²) in [4.78, 5) is 22.7. The molecule has 0 spiro atoms. The third kappa shape index (κ3) is 5.41. The lowest BCUT2D eigenvalue weighted by Crippen LogP contribution is -2.43. The topological polar surface area (TPSA) is 79.5 Å². The SMILES string of the molecule is COCCNC(=O)NC(=O)CNc1cccc(Cl)c1F. The van der Waals surface area contributed by atoms with Gasteiger partial charge in [-0.15, -0.1) is 0 Å². The molecule has 0 aliphatic carbocycles. The molecule has 0 unspecified atom stereocenters. The summed E-state index contributed by atoms with van der Waals surface area (Å²) < 4.78 is 18.2. The van der Waals surface area contributed by atoms with E-state index in [1.807, 2.05) is 0 Å². The minimum absolute atomic E-state index is 0.0484. The Hall–Kier alpha value is -1.86. The van der Waals surface area contributed by atoms with Crippen LogP contribution in [-0.4, -0.2) is 38.7 Å². The number of imide groups is 1. The van der Waals surface area contributed by atoms with Crippen LogP contribution in [0.3, 0.4) is 0 Å². The van der Waals surface area contributed by atoms with Crippen molar-refractivity contribution in [3.8, 4) is 0 Å². The highest BCUT2D eigenvalue weighted by molar-refractivity contribution is 6.31. The summed E-state index contributed by atoms with van der Waals surface area (Å²) in [6.07, 6.45) is 0. The summed E-state index contributed by atoms with van der Waals surface area (Å²) in [5, 5.41) is 7.00. The molecule has 1 aromatic rings. The molecule has 0 aliphatic rings. The first-order chi connectivity index (χ1) is 9.54. The molecule has 0 radical (unpaired) electrons. The minimum Gasteiger partial charge on any atom is -0.383 e. The number of methoxy groups -OCH3 is 1. The highest BCUT2D eigenvalue weighted by atomic mass is 35.5. The molecule has 0 aromatic heterocycles. The largest absolute Gasteiger partial charge is 0.383 e. The second-order valence-corrected chi connectivity index (χ2v) is 4.16. The van der Waals surface area contributed by atoms with Crippen LogP contribution in [0, 0.1) is 5.82 Å². The van der Waals surface area contributed by atoms with Gasteiger partial charge in [0, 0.05) is 13.7 Å². The Balaban J connectivity index is 2.36. The molecule has 6 nitrogen and oxygen atoms in total. The van der Waals surface area contributed by atoms with E-state index < -0.39 is 17.8 Å². The Bertz CT molecular complexity index is 485. The summed E-state index contributed by atoms with van der Waals surface area (Å²) in [5.74, 6) is -1.24. The molecule has 0 aliphatic heterocycles. The van der Waals surface area contributed by atoms with E-state index in [1.54, 1.807) is 6.07 Å². The highest BCUT2D eigenvalue weighted by Crippen LogP contribution is 2.21. The normalized spacial score (nSPS) is 9.95. The van der Waals surface area contributed by atoms with Gasteiger partial charge >= 0.3 is 6.03 Å². The van der Waals surface area contributed by atoms with Gasteiger partial charge in [-0.1, -0.05) is 17.7 Å². The summed E-state index contributed by atoms with van der Waals surface area (Å²) in [5.41, 5.74) is 0.0902. The second kappa shape index (κ2) is 8.34. The van der Waals surface area contributed by atoms with E-state index in [4.69, 9.17) is 16.3 Å². The molecule has 8 heteroatoms. The van der Waals surface area contributed by atoms with Gasteiger partial charge < -0.3 is 15.4 Å². The molecule has 0 atom stereocenters. The van der Waals surface area contributed by atoms with Crippen molar-refractivity contribution in [2.45, 2.75) is 0 Å². The maximum Gasteiger partial charge on any atom is 0.321 e. The lowest BCUT2D eigenvalue weighted by atomic mass is 10.3. The van der Waals surface area contributed by atoms with Gasteiger partial charge in [-0.3, -0.25) is 10.1 Å². The van der Waals surface area contributed by atoms with Gasteiger partial charge in [-0.25, -0.2) is 9.18 Å². The van der Waals surface area contributed by atoms with Crippen LogP contribution in [0.25, 0.3) is 0 Å². The van der Waals surface area contributed by atoms with Crippen molar-refractivity contribution < 1.29 is 18.7 Å². The number of hydrogen-bond donors (Lipinski definition) is 3. The van der Waals surface area contributed by atoms with Crippen molar-refractivity contribution in [1.82, 2.24) is 10.6 Å². The first-order valence-electron chi connectivity index (χ1n) is 5.79. The first-order valence-corrected chi connectivity index (χ1v) is 6.17. The molecule has 3 N–H and O–H groups in total. The Morgan fingerprint density at radius 2 is 2.15 bits per heavy atom. The number of benzene rings is 1. The number of anilines is 1. The summed E-state index contributed by atoms with van der Waals surface area (Å²) in [7, 11) is 1.49. The Morgan fingerprint density at radius 1 is 1.40 bits per heavy atom. The molecule has 1 rings (SSSR count). The van der Waals surface area contributed by atoms with Crippen LogP contribution in [0.2, 0.25) is 5.02 Å². The number of rotatable bonds is 6. The Kier molecular flexibility index (Phi) is 6.75. The highest BCUT2D eigenvalue weighted by Gasteiger charge is 2.09. The number of carbonyl (C=O) groups excluding carboxylic acids is 2. The van der Waals surface area contributed by atoms with Gasteiger partial charge in [0.05, 0.1) is 23.9 Å².